The molecule has 2 rings (SSSR count). The topological polar surface area (TPSA) is 44.4 Å². The summed E-state index contributed by atoms with van der Waals surface area (Å²) in [6, 6.07) is 7.16. The van der Waals surface area contributed by atoms with Crippen molar-refractivity contribution in [1.29, 1.82) is 0 Å². The molecule has 4 nitrogen and oxygen atoms in total. The smallest absolute Gasteiger partial charge is 0.223 e. The molecule has 0 unspecified atom stereocenters. The number of rotatable bonds is 6. The molecule has 1 saturated heterocycles. The fraction of sp³-hybridized carbons (Fsp3) is 0.588. The van der Waals surface area contributed by atoms with Crippen LogP contribution in [0.5, 0.6) is 0 Å². The fourth-order valence-corrected chi connectivity index (χ4v) is 2.92. The molecular formula is C17H27ClFN3O. The van der Waals surface area contributed by atoms with E-state index in [4.69, 9.17) is 0 Å². The first-order valence-electron chi connectivity index (χ1n) is 8.04. The molecule has 1 aliphatic rings. The molecule has 2 atom stereocenters. The molecule has 0 bridgehead atoms. The van der Waals surface area contributed by atoms with Crippen molar-refractivity contribution in [3.8, 4) is 0 Å². The Kier molecular flexibility index (Phi) is 8.34. The summed E-state index contributed by atoms with van der Waals surface area (Å²) in [6.45, 7) is 4.37. The van der Waals surface area contributed by atoms with Gasteiger partial charge in [-0.1, -0.05) is 12.1 Å². The summed E-state index contributed by atoms with van der Waals surface area (Å²) in [7, 11) is 1.87. The summed E-state index contributed by atoms with van der Waals surface area (Å²) < 4.78 is 13.6. The lowest BCUT2D eigenvalue weighted by molar-refractivity contribution is -0.126. The van der Waals surface area contributed by atoms with Gasteiger partial charge in [0.1, 0.15) is 5.82 Å². The summed E-state index contributed by atoms with van der Waals surface area (Å²) in [5.41, 5.74) is 0.598. The van der Waals surface area contributed by atoms with Crippen LogP contribution in [-0.4, -0.2) is 38.6 Å². The normalized spacial score (nSPS) is 20.5. The van der Waals surface area contributed by atoms with Gasteiger partial charge in [-0.05, 0) is 44.9 Å². The van der Waals surface area contributed by atoms with Gasteiger partial charge in [0.25, 0.3) is 0 Å². The first-order valence-corrected chi connectivity index (χ1v) is 8.04. The van der Waals surface area contributed by atoms with E-state index in [2.05, 4.69) is 17.6 Å². The van der Waals surface area contributed by atoms with E-state index in [0.717, 1.165) is 25.8 Å². The number of amides is 1. The molecule has 0 aliphatic carbocycles. The van der Waals surface area contributed by atoms with E-state index in [1.54, 1.807) is 12.1 Å². The zero-order valence-corrected chi connectivity index (χ0v) is 14.7. The van der Waals surface area contributed by atoms with Crippen molar-refractivity contribution >= 4 is 24.0 Å². The zero-order chi connectivity index (χ0) is 15.9. The Balaban J connectivity index is 0.00000264. The van der Waals surface area contributed by atoms with Gasteiger partial charge >= 0.3 is 0 Å². The van der Waals surface area contributed by atoms with Crippen LogP contribution in [0.15, 0.2) is 24.3 Å². The van der Waals surface area contributed by atoms with Gasteiger partial charge in [-0.2, -0.15) is 0 Å². The minimum atomic E-state index is -0.210. The lowest BCUT2D eigenvalue weighted by atomic mass is 9.92. The molecule has 1 heterocycles. The number of hydrogen-bond donors (Lipinski definition) is 2. The van der Waals surface area contributed by atoms with Crippen LogP contribution in [0.2, 0.25) is 0 Å². The number of benzene rings is 1. The lowest BCUT2D eigenvalue weighted by Crippen LogP contribution is -2.42. The number of anilines is 1. The van der Waals surface area contributed by atoms with Crippen molar-refractivity contribution in [2.75, 3.05) is 31.6 Å². The van der Waals surface area contributed by atoms with Crippen molar-refractivity contribution in [1.82, 2.24) is 10.6 Å². The van der Waals surface area contributed by atoms with Crippen molar-refractivity contribution in [3.05, 3.63) is 30.1 Å². The molecule has 1 aromatic carbocycles. The quantitative estimate of drug-likeness (QED) is 0.780. The van der Waals surface area contributed by atoms with Gasteiger partial charge in [-0.3, -0.25) is 4.79 Å². The highest BCUT2D eigenvalue weighted by Gasteiger charge is 2.24. The summed E-state index contributed by atoms with van der Waals surface area (Å²) in [5, 5.41) is 6.36. The molecule has 23 heavy (non-hydrogen) atoms. The molecule has 1 fully saturated rings. The first-order chi connectivity index (χ1) is 10.6. The van der Waals surface area contributed by atoms with Crippen LogP contribution < -0.4 is 15.5 Å². The number of carbonyl (C=O) groups excluding carboxylic acids is 1. The van der Waals surface area contributed by atoms with Crippen molar-refractivity contribution in [2.24, 2.45) is 5.92 Å². The van der Waals surface area contributed by atoms with E-state index in [1.807, 2.05) is 18.0 Å². The minimum Gasteiger partial charge on any atom is -0.372 e. The molecule has 130 valence electrons. The molecule has 6 heteroatoms. The highest BCUT2D eigenvalue weighted by Crippen LogP contribution is 2.17. The van der Waals surface area contributed by atoms with Crippen LogP contribution in [0.1, 0.15) is 26.2 Å². The number of para-hydroxylation sites is 1. The Morgan fingerprint density at radius 1 is 1.43 bits per heavy atom. The maximum atomic E-state index is 13.6. The van der Waals surface area contributed by atoms with Gasteiger partial charge in [-0.15, -0.1) is 12.4 Å². The number of nitrogens with one attached hydrogen (secondary N) is 2. The van der Waals surface area contributed by atoms with Gasteiger partial charge < -0.3 is 15.5 Å². The van der Waals surface area contributed by atoms with Crippen LogP contribution in [0.25, 0.3) is 0 Å². The Bertz CT molecular complexity index is 500. The third-order valence-electron chi connectivity index (χ3n) is 4.23. The van der Waals surface area contributed by atoms with E-state index < -0.39 is 0 Å². The molecule has 1 aliphatic heterocycles. The van der Waals surface area contributed by atoms with Crippen molar-refractivity contribution < 1.29 is 9.18 Å². The highest BCUT2D eigenvalue weighted by molar-refractivity contribution is 5.85. The Morgan fingerprint density at radius 2 is 2.17 bits per heavy atom. The Labute approximate surface area is 144 Å². The van der Waals surface area contributed by atoms with Gasteiger partial charge in [0, 0.05) is 32.1 Å². The van der Waals surface area contributed by atoms with E-state index in [1.165, 1.54) is 6.07 Å². The molecule has 2 N–H and O–H groups in total. The molecule has 1 aromatic rings. The maximum Gasteiger partial charge on any atom is 0.223 e. The second-order valence-corrected chi connectivity index (χ2v) is 6.09. The van der Waals surface area contributed by atoms with Crippen LogP contribution in [0, 0.1) is 11.7 Å². The lowest BCUT2D eigenvalue weighted by Gasteiger charge is -2.27. The van der Waals surface area contributed by atoms with Gasteiger partial charge in [0.15, 0.2) is 0 Å². The second-order valence-electron chi connectivity index (χ2n) is 6.09. The highest BCUT2D eigenvalue weighted by atomic mass is 35.5. The average Bonchev–Trinajstić information content (AvgIpc) is 2.51. The average molecular weight is 344 g/mol. The summed E-state index contributed by atoms with van der Waals surface area (Å²) >= 11 is 0. The molecule has 0 saturated carbocycles. The maximum absolute atomic E-state index is 13.6. The van der Waals surface area contributed by atoms with Crippen molar-refractivity contribution in [3.63, 3.8) is 0 Å². The molecule has 0 radical (unpaired) electrons. The molecule has 0 aromatic heterocycles. The first kappa shape index (κ1) is 19.7. The number of hydrogen-bond acceptors (Lipinski definition) is 3. The number of piperidine rings is 1. The summed E-state index contributed by atoms with van der Waals surface area (Å²) in [6.07, 6.45) is 2.61. The largest absolute Gasteiger partial charge is 0.372 e. The SMILES string of the molecule is C[C@H]1C[C@@H](C(=O)NCCCN(C)c2ccccc2F)CCN1.Cl. The van der Waals surface area contributed by atoms with Crippen molar-refractivity contribution in [2.45, 2.75) is 32.2 Å². The number of carbonyl (C=O) groups is 1. The standard InChI is InChI=1S/C17H26FN3O.ClH/c1-13-12-14(8-10-19-13)17(22)20-9-5-11-21(2)16-7-4-3-6-15(16)18;/h3-4,6-7,13-14,19H,5,8-12H2,1-2H3,(H,20,22);1H/t13-,14-;/m0./s1. The number of halogens is 2. The third-order valence-corrected chi connectivity index (χ3v) is 4.23. The van der Waals surface area contributed by atoms with E-state index in [0.29, 0.717) is 24.8 Å². The van der Waals surface area contributed by atoms with Gasteiger partial charge in [0.05, 0.1) is 5.69 Å². The van der Waals surface area contributed by atoms with E-state index >= 15 is 0 Å². The monoisotopic (exact) mass is 343 g/mol. The molecular weight excluding hydrogens is 317 g/mol. The molecule has 0 spiro atoms. The van der Waals surface area contributed by atoms with Gasteiger partial charge in [0.2, 0.25) is 5.91 Å². The predicted octanol–water partition coefficient (Wildman–Crippen LogP) is 2.58. The minimum absolute atomic E-state index is 0. The van der Waals surface area contributed by atoms with E-state index in [9.17, 15) is 9.18 Å². The molecule has 1 amide bonds. The van der Waals surface area contributed by atoms with Gasteiger partial charge in [-0.25, -0.2) is 4.39 Å². The number of nitrogens with zero attached hydrogens (tertiary/aromatic N) is 1. The Hall–Kier alpha value is -1.33. The summed E-state index contributed by atoms with van der Waals surface area (Å²) in [4.78, 5) is 14.0. The predicted molar refractivity (Wildman–Crippen MR) is 94.7 cm³/mol. The van der Waals surface area contributed by atoms with E-state index in [-0.39, 0.29) is 30.0 Å². The second kappa shape index (κ2) is 9.73. The van der Waals surface area contributed by atoms with Crippen LogP contribution >= 0.6 is 12.4 Å². The van der Waals surface area contributed by atoms with Crippen LogP contribution in [0.3, 0.4) is 0 Å². The third kappa shape index (κ3) is 5.99. The Morgan fingerprint density at radius 3 is 2.87 bits per heavy atom. The van der Waals surface area contributed by atoms with Crippen LogP contribution in [0.4, 0.5) is 10.1 Å². The summed E-state index contributed by atoms with van der Waals surface area (Å²) in [5.74, 6) is 0.0696. The zero-order valence-electron chi connectivity index (χ0n) is 13.8. The fourth-order valence-electron chi connectivity index (χ4n) is 2.92. The van der Waals surface area contributed by atoms with Crippen LogP contribution in [-0.2, 0) is 4.79 Å².